The first-order valence-electron chi connectivity index (χ1n) is 35.6. The summed E-state index contributed by atoms with van der Waals surface area (Å²) in [7, 11) is 0. The highest BCUT2D eigenvalue weighted by Crippen LogP contribution is 2.18. The largest absolute Gasteiger partial charge is 0.462 e. The van der Waals surface area contributed by atoms with E-state index >= 15 is 0 Å². The molecule has 0 fully saturated rings. The van der Waals surface area contributed by atoms with Crippen molar-refractivity contribution >= 4 is 17.9 Å². The van der Waals surface area contributed by atoms with E-state index < -0.39 is 6.10 Å². The molecule has 0 aliphatic rings. The van der Waals surface area contributed by atoms with Gasteiger partial charge in [0.1, 0.15) is 13.2 Å². The number of carbonyl (C=O) groups is 3. The molecular formula is C76H134O6. The summed E-state index contributed by atoms with van der Waals surface area (Å²) in [4.78, 5) is 38.3. The molecule has 0 saturated carbocycles. The van der Waals surface area contributed by atoms with Crippen molar-refractivity contribution in [2.45, 2.75) is 367 Å². The Morgan fingerprint density at radius 3 is 0.829 bits per heavy atom. The molecule has 1 atom stereocenters. The molecule has 0 aromatic heterocycles. The van der Waals surface area contributed by atoms with E-state index in [1.807, 2.05) is 6.08 Å². The van der Waals surface area contributed by atoms with Crippen LogP contribution in [-0.2, 0) is 28.6 Å². The number of carbonyl (C=O) groups excluding carboxylic acids is 3. The zero-order valence-electron chi connectivity index (χ0n) is 54.5. The monoisotopic (exact) mass is 1140 g/mol. The molecule has 0 rings (SSSR count). The van der Waals surface area contributed by atoms with E-state index in [-0.39, 0.29) is 37.5 Å². The lowest BCUT2D eigenvalue weighted by Crippen LogP contribution is -2.30. The van der Waals surface area contributed by atoms with E-state index in [0.29, 0.717) is 19.3 Å². The lowest BCUT2D eigenvalue weighted by Gasteiger charge is -2.18. The van der Waals surface area contributed by atoms with Gasteiger partial charge in [0.05, 0.1) is 0 Å². The predicted molar refractivity (Wildman–Crippen MR) is 358 cm³/mol. The van der Waals surface area contributed by atoms with Crippen LogP contribution in [0.5, 0.6) is 0 Å². The molecule has 1 unspecified atom stereocenters. The fourth-order valence-corrected chi connectivity index (χ4v) is 10.3. The van der Waals surface area contributed by atoms with Gasteiger partial charge in [-0.15, -0.1) is 0 Å². The molecule has 6 nitrogen and oxygen atoms in total. The molecule has 0 aliphatic heterocycles. The minimum atomic E-state index is -0.807. The average molecular weight is 1140 g/mol. The maximum absolute atomic E-state index is 12.9. The Kier molecular flexibility index (Phi) is 67.2. The van der Waals surface area contributed by atoms with Crippen molar-refractivity contribution in [1.82, 2.24) is 0 Å². The highest BCUT2D eigenvalue weighted by molar-refractivity contribution is 5.71. The molecule has 0 amide bonds. The van der Waals surface area contributed by atoms with Gasteiger partial charge < -0.3 is 14.2 Å². The molecule has 0 aromatic carbocycles. The minimum absolute atomic E-state index is 0.0970. The molecule has 0 saturated heterocycles. The number of esters is 3. The molecule has 0 aliphatic carbocycles. The van der Waals surface area contributed by atoms with E-state index in [1.54, 1.807) is 0 Å². The van der Waals surface area contributed by atoms with Gasteiger partial charge in [0.25, 0.3) is 0 Å². The van der Waals surface area contributed by atoms with E-state index in [4.69, 9.17) is 14.2 Å². The van der Waals surface area contributed by atoms with Gasteiger partial charge in [-0.1, -0.05) is 324 Å². The second-order valence-electron chi connectivity index (χ2n) is 23.8. The van der Waals surface area contributed by atoms with Crippen LogP contribution >= 0.6 is 0 Å². The molecule has 0 spiro atoms. The van der Waals surface area contributed by atoms with Gasteiger partial charge in [-0.25, -0.2) is 0 Å². The lowest BCUT2D eigenvalue weighted by molar-refractivity contribution is -0.166. The normalized spacial score (nSPS) is 12.6. The molecule has 0 radical (unpaired) electrons. The van der Waals surface area contributed by atoms with Gasteiger partial charge in [0.2, 0.25) is 0 Å². The molecule has 82 heavy (non-hydrogen) atoms. The van der Waals surface area contributed by atoms with Crippen LogP contribution in [0.4, 0.5) is 0 Å². The number of unbranched alkanes of at least 4 members (excludes halogenated alkanes) is 40. The third-order valence-corrected chi connectivity index (χ3v) is 15.6. The Hall–Kier alpha value is -3.41. The number of hydrogen-bond acceptors (Lipinski definition) is 6. The Morgan fingerprint density at radius 1 is 0.256 bits per heavy atom. The summed E-state index contributed by atoms with van der Waals surface area (Å²) in [6.07, 6.45) is 93.6. The van der Waals surface area contributed by atoms with Crippen molar-refractivity contribution in [3.63, 3.8) is 0 Å². The molecule has 0 heterocycles. The fraction of sp³-hybridized carbons (Fsp3) is 0.776. The van der Waals surface area contributed by atoms with Crippen molar-refractivity contribution < 1.29 is 28.6 Å². The van der Waals surface area contributed by atoms with Crippen molar-refractivity contribution in [2.75, 3.05) is 13.2 Å². The van der Waals surface area contributed by atoms with Gasteiger partial charge in [0, 0.05) is 19.3 Å². The molecule has 0 bridgehead atoms. The average Bonchev–Trinajstić information content (AvgIpc) is 3.47. The highest BCUT2D eigenvalue weighted by atomic mass is 16.6. The van der Waals surface area contributed by atoms with Gasteiger partial charge in [0.15, 0.2) is 6.10 Å². The summed E-state index contributed by atoms with van der Waals surface area (Å²) in [6.45, 7) is 6.49. The van der Waals surface area contributed by atoms with E-state index in [0.717, 1.165) is 70.6 Å². The van der Waals surface area contributed by atoms with Gasteiger partial charge in [-0.05, 0) is 103 Å². The van der Waals surface area contributed by atoms with Crippen molar-refractivity contribution in [3.05, 3.63) is 85.1 Å². The first-order chi connectivity index (χ1) is 40.5. The highest BCUT2D eigenvalue weighted by Gasteiger charge is 2.19. The summed E-state index contributed by atoms with van der Waals surface area (Å²) >= 11 is 0. The van der Waals surface area contributed by atoms with Crippen LogP contribution in [0.2, 0.25) is 0 Å². The van der Waals surface area contributed by atoms with Crippen LogP contribution in [0.1, 0.15) is 361 Å². The summed E-state index contributed by atoms with van der Waals surface area (Å²) < 4.78 is 16.9. The third kappa shape index (κ3) is 67.4. The first-order valence-corrected chi connectivity index (χ1v) is 35.6. The Labute approximate surface area is 509 Å². The smallest absolute Gasteiger partial charge is 0.306 e. The Bertz CT molecular complexity index is 1550. The molecule has 0 aromatic rings. The van der Waals surface area contributed by atoms with Crippen LogP contribution in [0, 0.1) is 0 Å². The molecule has 6 heteroatoms. The second-order valence-corrected chi connectivity index (χ2v) is 23.8. The summed E-state index contributed by atoms with van der Waals surface area (Å²) in [5.74, 6) is -0.970. The quantitative estimate of drug-likeness (QED) is 0.0261. The standard InChI is InChI=1S/C76H134O6/c1-4-7-10-13-16-19-22-25-27-29-31-32-33-34-35-36-37-38-39-40-41-42-43-44-45-47-48-51-54-57-60-63-66-69-75(78)81-72-73(71-80-74(77)68-65-62-59-56-53-50-24-21-18-15-12-9-6-3)82-76(79)70-67-64-61-58-55-52-49-46-30-28-26-23-20-17-14-11-8-5-2/h9,12,18,21-22,25,28-31,50,53,59,62,73H,4-8,10-11,13-17,19-20,23-24,26-27,32-49,51-52,54-58,60-61,63-72H2,1-3H3/b12-9-,21-18-,25-22-,30-28-,31-29-,53-50-,62-59-. The minimum Gasteiger partial charge on any atom is -0.462 e. The zero-order valence-corrected chi connectivity index (χ0v) is 54.5. The van der Waals surface area contributed by atoms with E-state index in [1.165, 1.54) is 244 Å². The third-order valence-electron chi connectivity index (χ3n) is 15.6. The van der Waals surface area contributed by atoms with Crippen molar-refractivity contribution in [2.24, 2.45) is 0 Å². The number of hydrogen-bond donors (Lipinski definition) is 0. The van der Waals surface area contributed by atoms with Gasteiger partial charge in [-0.2, -0.15) is 0 Å². The van der Waals surface area contributed by atoms with Crippen LogP contribution < -0.4 is 0 Å². The van der Waals surface area contributed by atoms with Crippen LogP contribution in [0.15, 0.2) is 85.1 Å². The van der Waals surface area contributed by atoms with Crippen LogP contribution in [0.3, 0.4) is 0 Å². The van der Waals surface area contributed by atoms with E-state index in [2.05, 4.69) is 99.8 Å². The number of rotatable bonds is 65. The van der Waals surface area contributed by atoms with Gasteiger partial charge in [-0.3, -0.25) is 14.4 Å². The topological polar surface area (TPSA) is 78.9 Å². The molecule has 0 N–H and O–H groups in total. The fourth-order valence-electron chi connectivity index (χ4n) is 10.3. The summed E-state index contributed by atoms with van der Waals surface area (Å²) in [5.41, 5.74) is 0. The van der Waals surface area contributed by atoms with Crippen molar-refractivity contribution in [3.8, 4) is 0 Å². The SMILES string of the molecule is CC/C=C\C/C=C\C/C=C\C/C=C\CCC(=O)OCC(COC(=O)CCCCCCCCCCCCCCCCCCCCCCC/C=C\C/C=C\CCCCCCC)OC(=O)CCCCCCCCC/C=C\CCCCCCCCC. The Balaban J connectivity index is 4.18. The van der Waals surface area contributed by atoms with Crippen LogP contribution in [-0.4, -0.2) is 37.2 Å². The Morgan fingerprint density at radius 2 is 0.500 bits per heavy atom. The maximum Gasteiger partial charge on any atom is 0.306 e. The molecular weight excluding hydrogens is 1010 g/mol. The number of ether oxygens (including phenoxy) is 3. The second kappa shape index (κ2) is 70.1. The first kappa shape index (κ1) is 78.6. The summed E-state index contributed by atoms with van der Waals surface area (Å²) in [5, 5.41) is 0. The zero-order chi connectivity index (χ0) is 59.2. The number of allylic oxidation sites excluding steroid dienone is 14. The predicted octanol–water partition coefficient (Wildman–Crippen LogP) is 24.6. The van der Waals surface area contributed by atoms with Crippen molar-refractivity contribution in [1.29, 1.82) is 0 Å². The maximum atomic E-state index is 12.9. The summed E-state index contributed by atoms with van der Waals surface area (Å²) in [6, 6.07) is 0. The van der Waals surface area contributed by atoms with E-state index in [9.17, 15) is 14.4 Å². The van der Waals surface area contributed by atoms with Crippen LogP contribution in [0.25, 0.3) is 0 Å². The lowest BCUT2D eigenvalue weighted by atomic mass is 10.0. The van der Waals surface area contributed by atoms with Gasteiger partial charge >= 0.3 is 17.9 Å². The molecule has 474 valence electrons.